The molecule has 1 unspecified atom stereocenters. The molecule has 1 aromatic carbocycles. The third-order valence-corrected chi connectivity index (χ3v) is 3.73. The van der Waals surface area contributed by atoms with Crippen LogP contribution in [0.4, 0.5) is 0 Å². The quantitative estimate of drug-likeness (QED) is 0.837. The molecule has 4 heteroatoms. The van der Waals surface area contributed by atoms with E-state index in [-0.39, 0.29) is 12.0 Å². The number of hydrogen-bond acceptors (Lipinski definition) is 2. The maximum Gasteiger partial charge on any atom is 0.0502 e. The van der Waals surface area contributed by atoms with Gasteiger partial charge in [-0.25, -0.2) is 0 Å². The summed E-state index contributed by atoms with van der Waals surface area (Å²) in [6, 6.07) is 5.39. The van der Waals surface area contributed by atoms with Crippen molar-refractivity contribution in [3.8, 4) is 0 Å². The van der Waals surface area contributed by atoms with Gasteiger partial charge in [0.05, 0.1) is 6.61 Å². The fourth-order valence-electron chi connectivity index (χ4n) is 2.08. The average molecular weight is 276 g/mol. The molecule has 1 aromatic rings. The predicted molar refractivity (Wildman–Crippen MR) is 73.6 cm³/mol. The third kappa shape index (κ3) is 3.85. The fraction of sp³-hybridized carbons (Fsp3) is 0.538. The monoisotopic (exact) mass is 275 g/mol. The minimum Gasteiger partial charge on any atom is -0.396 e. The van der Waals surface area contributed by atoms with Crippen LogP contribution in [0, 0.1) is 5.41 Å². The van der Waals surface area contributed by atoms with Crippen LogP contribution >= 0.6 is 23.2 Å². The van der Waals surface area contributed by atoms with Crippen LogP contribution in [0.2, 0.25) is 10.0 Å². The number of nitrogens with two attached hydrogens (primary N) is 1. The van der Waals surface area contributed by atoms with Crippen LogP contribution in [0.5, 0.6) is 0 Å². The second kappa shape index (κ2) is 6.60. The Bertz CT molecular complexity index is 364. The molecule has 17 heavy (non-hydrogen) atoms. The summed E-state index contributed by atoms with van der Waals surface area (Å²) in [6.45, 7) is 2.60. The Balaban J connectivity index is 2.96. The second-order valence-corrected chi connectivity index (χ2v) is 5.37. The largest absolute Gasteiger partial charge is 0.396 e. The molecule has 0 saturated heterocycles. The Morgan fingerprint density at radius 2 is 2.06 bits per heavy atom. The maximum absolute atomic E-state index is 9.57. The minimum atomic E-state index is -0.289. The van der Waals surface area contributed by atoms with Crippen molar-refractivity contribution in [1.29, 1.82) is 0 Å². The van der Waals surface area contributed by atoms with Crippen LogP contribution < -0.4 is 5.73 Å². The summed E-state index contributed by atoms with van der Waals surface area (Å²) < 4.78 is 0. The van der Waals surface area contributed by atoms with Crippen molar-refractivity contribution in [2.45, 2.75) is 26.2 Å². The first-order valence-corrected chi connectivity index (χ1v) is 6.57. The van der Waals surface area contributed by atoms with E-state index in [0.29, 0.717) is 23.0 Å². The van der Waals surface area contributed by atoms with Gasteiger partial charge in [0.1, 0.15) is 0 Å². The normalized spacial score (nSPS) is 14.6. The van der Waals surface area contributed by atoms with Gasteiger partial charge < -0.3 is 10.8 Å². The molecule has 0 aliphatic rings. The molecule has 96 valence electrons. The lowest BCUT2D eigenvalue weighted by atomic mass is 9.78. The Morgan fingerprint density at radius 1 is 1.35 bits per heavy atom. The highest BCUT2D eigenvalue weighted by atomic mass is 35.5. The van der Waals surface area contributed by atoms with E-state index in [9.17, 15) is 5.11 Å². The zero-order valence-electron chi connectivity index (χ0n) is 10.0. The third-order valence-electron chi connectivity index (χ3n) is 3.12. The van der Waals surface area contributed by atoms with Gasteiger partial charge in [-0.05, 0) is 36.6 Å². The molecule has 1 rings (SSSR count). The SMILES string of the molecule is CCCC(CN)(CO)Cc1cc(Cl)ccc1Cl. The average Bonchev–Trinajstić information content (AvgIpc) is 2.33. The van der Waals surface area contributed by atoms with Crippen LogP contribution in [0.1, 0.15) is 25.3 Å². The maximum atomic E-state index is 9.57. The Hall–Kier alpha value is -0.280. The van der Waals surface area contributed by atoms with E-state index in [0.717, 1.165) is 18.4 Å². The lowest BCUT2D eigenvalue weighted by Gasteiger charge is -2.30. The molecule has 0 aliphatic heterocycles. The van der Waals surface area contributed by atoms with Crippen LogP contribution in [-0.2, 0) is 6.42 Å². The molecule has 1 atom stereocenters. The van der Waals surface area contributed by atoms with Crippen LogP contribution in [0.3, 0.4) is 0 Å². The lowest BCUT2D eigenvalue weighted by Crippen LogP contribution is -2.36. The van der Waals surface area contributed by atoms with E-state index in [1.807, 2.05) is 6.07 Å². The molecule has 0 fully saturated rings. The van der Waals surface area contributed by atoms with Gasteiger partial charge in [0.25, 0.3) is 0 Å². The van der Waals surface area contributed by atoms with Crippen LogP contribution in [0.25, 0.3) is 0 Å². The van der Waals surface area contributed by atoms with Gasteiger partial charge >= 0.3 is 0 Å². The Morgan fingerprint density at radius 3 is 2.59 bits per heavy atom. The first kappa shape index (κ1) is 14.8. The molecule has 0 saturated carbocycles. The molecule has 3 N–H and O–H groups in total. The second-order valence-electron chi connectivity index (χ2n) is 4.52. The number of aliphatic hydroxyl groups excluding tert-OH is 1. The molecular weight excluding hydrogens is 257 g/mol. The Kier molecular flexibility index (Phi) is 5.74. The van der Waals surface area contributed by atoms with Crippen molar-refractivity contribution >= 4 is 23.2 Å². The highest BCUT2D eigenvalue weighted by Crippen LogP contribution is 2.31. The molecule has 0 aromatic heterocycles. The van der Waals surface area contributed by atoms with Crippen molar-refractivity contribution in [2.75, 3.05) is 13.2 Å². The number of aliphatic hydroxyl groups is 1. The summed E-state index contributed by atoms with van der Waals surface area (Å²) in [7, 11) is 0. The highest BCUT2D eigenvalue weighted by Gasteiger charge is 2.28. The van der Waals surface area contributed by atoms with Crippen molar-refractivity contribution in [2.24, 2.45) is 11.1 Å². The van der Waals surface area contributed by atoms with Gasteiger partial charge in [0, 0.05) is 22.0 Å². The van der Waals surface area contributed by atoms with E-state index in [1.165, 1.54) is 0 Å². The summed E-state index contributed by atoms with van der Waals surface area (Å²) in [5.74, 6) is 0. The molecule has 0 spiro atoms. The summed E-state index contributed by atoms with van der Waals surface area (Å²) in [5.41, 5.74) is 6.47. The molecule has 0 aliphatic carbocycles. The van der Waals surface area contributed by atoms with Crippen molar-refractivity contribution in [3.63, 3.8) is 0 Å². The standard InChI is InChI=1S/C13H19Cl2NO/c1-2-5-13(8-16,9-17)7-10-6-11(14)3-4-12(10)15/h3-4,6,17H,2,5,7-9,16H2,1H3. The van der Waals surface area contributed by atoms with Gasteiger partial charge in [-0.15, -0.1) is 0 Å². The number of benzene rings is 1. The van der Waals surface area contributed by atoms with Crippen LogP contribution in [-0.4, -0.2) is 18.3 Å². The molecule has 0 amide bonds. The highest BCUT2D eigenvalue weighted by molar-refractivity contribution is 6.33. The zero-order valence-corrected chi connectivity index (χ0v) is 11.6. The molecule has 0 heterocycles. The zero-order chi connectivity index (χ0) is 12.9. The first-order valence-electron chi connectivity index (χ1n) is 5.82. The van der Waals surface area contributed by atoms with E-state index >= 15 is 0 Å². The first-order chi connectivity index (χ1) is 8.06. The molecular formula is C13H19Cl2NO. The fourth-order valence-corrected chi connectivity index (χ4v) is 2.45. The smallest absolute Gasteiger partial charge is 0.0502 e. The van der Waals surface area contributed by atoms with E-state index < -0.39 is 0 Å². The lowest BCUT2D eigenvalue weighted by molar-refractivity contribution is 0.121. The number of halogens is 2. The Labute approximate surface area is 113 Å². The molecule has 0 bridgehead atoms. The summed E-state index contributed by atoms with van der Waals surface area (Å²) >= 11 is 12.1. The van der Waals surface area contributed by atoms with Gasteiger partial charge in [-0.1, -0.05) is 36.5 Å². The van der Waals surface area contributed by atoms with E-state index in [2.05, 4.69) is 6.92 Å². The van der Waals surface area contributed by atoms with Gasteiger partial charge in [-0.3, -0.25) is 0 Å². The summed E-state index contributed by atoms with van der Waals surface area (Å²) in [6.07, 6.45) is 2.52. The number of rotatable bonds is 6. The van der Waals surface area contributed by atoms with E-state index in [4.69, 9.17) is 28.9 Å². The molecule has 0 radical (unpaired) electrons. The summed E-state index contributed by atoms with van der Waals surface area (Å²) in [4.78, 5) is 0. The van der Waals surface area contributed by atoms with E-state index in [1.54, 1.807) is 12.1 Å². The minimum absolute atomic E-state index is 0.0696. The van der Waals surface area contributed by atoms with Crippen LogP contribution in [0.15, 0.2) is 18.2 Å². The van der Waals surface area contributed by atoms with Gasteiger partial charge in [0.15, 0.2) is 0 Å². The molecule has 2 nitrogen and oxygen atoms in total. The predicted octanol–water partition coefficient (Wildman–Crippen LogP) is 3.27. The number of hydrogen-bond donors (Lipinski definition) is 2. The summed E-state index contributed by atoms with van der Waals surface area (Å²) in [5, 5.41) is 10.9. The van der Waals surface area contributed by atoms with Gasteiger partial charge in [-0.2, -0.15) is 0 Å². The topological polar surface area (TPSA) is 46.2 Å². The van der Waals surface area contributed by atoms with Crippen molar-refractivity contribution in [3.05, 3.63) is 33.8 Å². The van der Waals surface area contributed by atoms with Crippen molar-refractivity contribution in [1.82, 2.24) is 0 Å². The van der Waals surface area contributed by atoms with Crippen molar-refractivity contribution < 1.29 is 5.11 Å². The van der Waals surface area contributed by atoms with Gasteiger partial charge in [0.2, 0.25) is 0 Å².